The fourth-order valence-electron chi connectivity index (χ4n) is 3.17. The number of pyridine rings is 2. The summed E-state index contributed by atoms with van der Waals surface area (Å²) in [6.45, 7) is 6.55. The topological polar surface area (TPSA) is 72.1 Å². The summed E-state index contributed by atoms with van der Waals surface area (Å²) in [6, 6.07) is 6.10. The molecule has 3 aromatic rings. The molecular weight excluding hydrogens is 328 g/mol. The van der Waals surface area contributed by atoms with E-state index in [2.05, 4.69) is 29.0 Å². The molecule has 6 nitrogen and oxygen atoms in total. The normalized spacial score (nSPS) is 14.2. The molecule has 1 aliphatic rings. The summed E-state index contributed by atoms with van der Waals surface area (Å²) in [5.41, 5.74) is 3.70. The zero-order chi connectivity index (χ0) is 18.3. The summed E-state index contributed by atoms with van der Waals surface area (Å²) in [4.78, 5) is 24.0. The predicted molar refractivity (Wildman–Crippen MR) is 97.8 cm³/mol. The molecule has 1 aliphatic carbocycles. The van der Waals surface area contributed by atoms with E-state index in [1.807, 2.05) is 30.0 Å². The van der Waals surface area contributed by atoms with Gasteiger partial charge in [0.2, 0.25) is 0 Å². The highest BCUT2D eigenvalue weighted by Crippen LogP contribution is 2.32. The van der Waals surface area contributed by atoms with E-state index in [0.29, 0.717) is 29.6 Å². The Balaban J connectivity index is 1.77. The number of carbonyl (C=O) groups is 1. The van der Waals surface area contributed by atoms with Crippen molar-refractivity contribution in [2.75, 3.05) is 0 Å². The third kappa shape index (κ3) is 3.07. The molecule has 3 aromatic heterocycles. The SMILES string of the molecule is Cc1noc2nc(C(C)C)cc(C(=O)N(Cc3ccncc3)C3CC3)c12. The minimum Gasteiger partial charge on any atom is -0.336 e. The average Bonchev–Trinajstić information content (AvgIpc) is 3.42. The van der Waals surface area contributed by atoms with Crippen molar-refractivity contribution in [3.63, 3.8) is 0 Å². The summed E-state index contributed by atoms with van der Waals surface area (Å²) in [5, 5.41) is 4.75. The van der Waals surface area contributed by atoms with Crippen LogP contribution >= 0.6 is 0 Å². The lowest BCUT2D eigenvalue weighted by Gasteiger charge is -2.23. The first kappa shape index (κ1) is 16.7. The fraction of sp³-hybridized carbons (Fsp3) is 0.400. The van der Waals surface area contributed by atoms with E-state index in [1.54, 1.807) is 12.4 Å². The average molecular weight is 350 g/mol. The molecule has 0 atom stereocenters. The smallest absolute Gasteiger partial charge is 0.259 e. The Morgan fingerprint density at radius 1 is 1.31 bits per heavy atom. The standard InChI is InChI=1S/C20H22N4O2/c1-12(2)17-10-16(18-13(3)23-26-19(18)22-17)20(25)24(15-4-5-15)11-14-6-8-21-9-7-14/h6-10,12,15H,4-5,11H2,1-3H3. The van der Waals surface area contributed by atoms with E-state index in [-0.39, 0.29) is 11.8 Å². The summed E-state index contributed by atoms with van der Waals surface area (Å²) in [7, 11) is 0. The first-order valence-corrected chi connectivity index (χ1v) is 9.01. The molecule has 0 aromatic carbocycles. The fourth-order valence-corrected chi connectivity index (χ4v) is 3.17. The van der Waals surface area contributed by atoms with E-state index in [0.717, 1.165) is 29.5 Å². The van der Waals surface area contributed by atoms with E-state index >= 15 is 0 Å². The largest absolute Gasteiger partial charge is 0.336 e. The third-order valence-corrected chi connectivity index (χ3v) is 4.81. The number of rotatable bonds is 5. The summed E-state index contributed by atoms with van der Waals surface area (Å²) in [6.07, 6.45) is 5.61. The van der Waals surface area contributed by atoms with Gasteiger partial charge in [-0.3, -0.25) is 9.78 Å². The van der Waals surface area contributed by atoms with Crippen LogP contribution in [0.2, 0.25) is 0 Å². The second-order valence-corrected chi connectivity index (χ2v) is 7.22. The summed E-state index contributed by atoms with van der Waals surface area (Å²) >= 11 is 0. The van der Waals surface area contributed by atoms with Gasteiger partial charge in [0.05, 0.1) is 16.6 Å². The van der Waals surface area contributed by atoms with Crippen LogP contribution in [0.25, 0.3) is 11.1 Å². The number of carbonyl (C=O) groups excluding carboxylic acids is 1. The highest BCUT2D eigenvalue weighted by molar-refractivity contribution is 6.06. The number of amides is 1. The van der Waals surface area contributed by atoms with Crippen molar-refractivity contribution in [1.82, 2.24) is 20.0 Å². The van der Waals surface area contributed by atoms with Crippen molar-refractivity contribution in [3.05, 3.63) is 53.1 Å². The molecule has 0 spiro atoms. The number of nitrogens with zero attached hydrogens (tertiary/aromatic N) is 4. The molecule has 1 saturated carbocycles. The molecule has 0 saturated heterocycles. The van der Waals surface area contributed by atoms with Gasteiger partial charge < -0.3 is 9.42 Å². The second kappa shape index (κ2) is 6.52. The Kier molecular flexibility index (Phi) is 4.18. The highest BCUT2D eigenvalue weighted by atomic mass is 16.5. The quantitative estimate of drug-likeness (QED) is 0.699. The summed E-state index contributed by atoms with van der Waals surface area (Å²) in [5.74, 6) is 0.218. The lowest BCUT2D eigenvalue weighted by molar-refractivity contribution is 0.0731. The zero-order valence-electron chi connectivity index (χ0n) is 15.3. The Hall–Kier alpha value is -2.76. The molecule has 0 N–H and O–H groups in total. The molecule has 0 bridgehead atoms. The number of fused-ring (bicyclic) bond motifs is 1. The lowest BCUT2D eigenvalue weighted by atomic mass is 10.0. The molecule has 4 rings (SSSR count). The van der Waals surface area contributed by atoms with Gasteiger partial charge in [-0.05, 0) is 49.4 Å². The summed E-state index contributed by atoms with van der Waals surface area (Å²) < 4.78 is 5.36. The van der Waals surface area contributed by atoms with Crippen LogP contribution in [0.3, 0.4) is 0 Å². The Bertz CT molecular complexity index is 945. The minimum atomic E-state index is 0.0184. The van der Waals surface area contributed by atoms with Crippen LogP contribution < -0.4 is 0 Å². The lowest BCUT2D eigenvalue weighted by Crippen LogP contribution is -2.33. The Morgan fingerprint density at radius 2 is 2.04 bits per heavy atom. The van der Waals surface area contributed by atoms with Gasteiger partial charge in [-0.25, -0.2) is 4.98 Å². The van der Waals surface area contributed by atoms with Crippen LogP contribution in [0.15, 0.2) is 35.1 Å². The van der Waals surface area contributed by atoms with Crippen LogP contribution in [0.5, 0.6) is 0 Å². The van der Waals surface area contributed by atoms with Gasteiger partial charge in [-0.15, -0.1) is 0 Å². The Morgan fingerprint density at radius 3 is 2.69 bits per heavy atom. The van der Waals surface area contributed by atoms with E-state index in [9.17, 15) is 4.79 Å². The van der Waals surface area contributed by atoms with Crippen molar-refractivity contribution >= 4 is 17.0 Å². The van der Waals surface area contributed by atoms with Gasteiger partial charge in [0, 0.05) is 30.7 Å². The van der Waals surface area contributed by atoms with Gasteiger partial charge in [-0.1, -0.05) is 19.0 Å². The number of aromatic nitrogens is 3. The van der Waals surface area contributed by atoms with Crippen LogP contribution in [0.1, 0.15) is 59.9 Å². The molecule has 0 unspecified atom stereocenters. The van der Waals surface area contributed by atoms with Crippen molar-refractivity contribution in [2.24, 2.45) is 0 Å². The maximum atomic E-state index is 13.5. The molecule has 6 heteroatoms. The van der Waals surface area contributed by atoms with Crippen molar-refractivity contribution < 1.29 is 9.32 Å². The molecule has 1 fully saturated rings. The highest BCUT2D eigenvalue weighted by Gasteiger charge is 2.34. The number of hydrogen-bond donors (Lipinski definition) is 0. The third-order valence-electron chi connectivity index (χ3n) is 4.81. The van der Waals surface area contributed by atoms with Crippen LogP contribution in [0.4, 0.5) is 0 Å². The van der Waals surface area contributed by atoms with E-state index < -0.39 is 0 Å². The van der Waals surface area contributed by atoms with Gasteiger partial charge in [-0.2, -0.15) is 0 Å². The van der Waals surface area contributed by atoms with Crippen molar-refractivity contribution in [3.8, 4) is 0 Å². The maximum Gasteiger partial charge on any atom is 0.259 e. The molecule has 3 heterocycles. The minimum absolute atomic E-state index is 0.0184. The molecular formula is C20H22N4O2. The molecule has 134 valence electrons. The van der Waals surface area contributed by atoms with Crippen LogP contribution in [0, 0.1) is 6.92 Å². The number of aryl methyl sites for hydroxylation is 1. The van der Waals surface area contributed by atoms with Crippen molar-refractivity contribution in [1.29, 1.82) is 0 Å². The zero-order valence-corrected chi connectivity index (χ0v) is 15.3. The molecule has 1 amide bonds. The van der Waals surface area contributed by atoms with Crippen LogP contribution in [-0.2, 0) is 6.54 Å². The second-order valence-electron chi connectivity index (χ2n) is 7.22. The number of hydrogen-bond acceptors (Lipinski definition) is 5. The monoisotopic (exact) mass is 350 g/mol. The Labute approximate surface area is 152 Å². The van der Waals surface area contributed by atoms with Gasteiger partial charge in [0.1, 0.15) is 0 Å². The van der Waals surface area contributed by atoms with Gasteiger partial charge in [0.25, 0.3) is 11.6 Å². The van der Waals surface area contributed by atoms with Gasteiger partial charge >= 0.3 is 0 Å². The molecule has 0 aliphatic heterocycles. The maximum absolute atomic E-state index is 13.5. The van der Waals surface area contributed by atoms with Gasteiger partial charge in [0.15, 0.2) is 0 Å². The first-order valence-electron chi connectivity index (χ1n) is 9.01. The van der Waals surface area contributed by atoms with Crippen molar-refractivity contribution in [2.45, 2.75) is 52.1 Å². The molecule has 26 heavy (non-hydrogen) atoms. The molecule has 0 radical (unpaired) electrons. The van der Waals surface area contributed by atoms with Crippen LogP contribution in [-0.4, -0.2) is 32.0 Å². The first-order chi connectivity index (χ1) is 12.5. The predicted octanol–water partition coefficient (Wildman–Crippen LogP) is 3.85. The van der Waals surface area contributed by atoms with E-state index in [1.165, 1.54) is 0 Å². The van der Waals surface area contributed by atoms with E-state index in [4.69, 9.17) is 4.52 Å².